The topological polar surface area (TPSA) is 80.3 Å². The van der Waals surface area contributed by atoms with Crippen molar-refractivity contribution in [2.45, 2.75) is 13.0 Å². The van der Waals surface area contributed by atoms with Crippen LogP contribution in [0.1, 0.15) is 11.1 Å². The summed E-state index contributed by atoms with van der Waals surface area (Å²) in [6, 6.07) is 10.6. The largest absolute Gasteiger partial charge is 0.504 e. The van der Waals surface area contributed by atoms with Gasteiger partial charge in [-0.1, -0.05) is 6.08 Å². The maximum absolute atomic E-state index is 10.8. The van der Waals surface area contributed by atoms with E-state index in [1.807, 2.05) is 18.2 Å². The quantitative estimate of drug-likeness (QED) is 0.433. The Hall–Kier alpha value is -3.06. The molecule has 0 radical (unpaired) electrons. The van der Waals surface area contributed by atoms with Crippen molar-refractivity contribution in [1.82, 2.24) is 0 Å². The van der Waals surface area contributed by atoms with Crippen LogP contribution in [0.4, 0.5) is 11.4 Å². The third-order valence-electron chi connectivity index (χ3n) is 5.15. The SMILES string of the molecule is C=CCc1cc(C[NH+]2CCN(c3ccc([N+](=O)[O-])cc3)CC2)c(O)c(OC)c1. The number of hydrogen-bond acceptors (Lipinski definition) is 5. The first-order valence-electron chi connectivity index (χ1n) is 9.34. The summed E-state index contributed by atoms with van der Waals surface area (Å²) < 4.78 is 5.31. The van der Waals surface area contributed by atoms with Gasteiger partial charge in [-0.25, -0.2) is 0 Å². The minimum absolute atomic E-state index is 0.108. The van der Waals surface area contributed by atoms with Gasteiger partial charge < -0.3 is 19.6 Å². The fourth-order valence-electron chi connectivity index (χ4n) is 3.62. The predicted molar refractivity (Wildman–Crippen MR) is 108 cm³/mol. The molecule has 0 atom stereocenters. The van der Waals surface area contributed by atoms with E-state index in [1.165, 1.54) is 4.90 Å². The molecule has 1 aliphatic heterocycles. The average molecular weight is 384 g/mol. The number of nitro groups is 1. The van der Waals surface area contributed by atoms with Crippen molar-refractivity contribution in [3.05, 3.63) is 70.3 Å². The number of aromatic hydroxyl groups is 1. The fourth-order valence-corrected chi connectivity index (χ4v) is 3.62. The molecule has 7 nitrogen and oxygen atoms in total. The first kappa shape index (κ1) is 19.7. The zero-order valence-corrected chi connectivity index (χ0v) is 16.1. The molecule has 3 rings (SSSR count). The monoisotopic (exact) mass is 384 g/mol. The highest BCUT2D eigenvalue weighted by atomic mass is 16.6. The maximum atomic E-state index is 10.8. The number of non-ortho nitro benzene ring substituents is 1. The first-order chi connectivity index (χ1) is 13.5. The number of quaternary nitrogens is 1. The summed E-state index contributed by atoms with van der Waals surface area (Å²) in [6.45, 7) is 8.06. The molecule has 0 bridgehead atoms. The van der Waals surface area contributed by atoms with Crippen LogP contribution < -0.4 is 14.5 Å². The van der Waals surface area contributed by atoms with Crippen molar-refractivity contribution < 1.29 is 19.7 Å². The van der Waals surface area contributed by atoms with Crippen LogP contribution in [0.3, 0.4) is 0 Å². The lowest BCUT2D eigenvalue weighted by molar-refractivity contribution is -0.914. The molecule has 0 amide bonds. The second-order valence-corrected chi connectivity index (χ2v) is 6.99. The van der Waals surface area contributed by atoms with Gasteiger partial charge in [0.05, 0.1) is 43.8 Å². The molecule has 0 aliphatic carbocycles. The molecule has 148 valence electrons. The highest BCUT2D eigenvalue weighted by Gasteiger charge is 2.23. The number of nitrogens with zero attached hydrogens (tertiary/aromatic N) is 2. The Labute approximate surface area is 164 Å². The number of hydrogen-bond donors (Lipinski definition) is 2. The molecule has 2 aromatic carbocycles. The Kier molecular flexibility index (Phi) is 6.16. The van der Waals surface area contributed by atoms with E-state index in [9.17, 15) is 15.2 Å². The number of phenolic OH excluding ortho intramolecular Hbond substituents is 1. The lowest BCUT2D eigenvalue weighted by Crippen LogP contribution is -3.13. The van der Waals surface area contributed by atoms with Crippen LogP contribution in [0.15, 0.2) is 49.1 Å². The summed E-state index contributed by atoms with van der Waals surface area (Å²) in [5.41, 5.74) is 3.07. The molecular formula is C21H26N3O4+. The van der Waals surface area contributed by atoms with Crippen LogP contribution in [0.2, 0.25) is 0 Å². The summed E-state index contributed by atoms with van der Waals surface area (Å²) in [5, 5.41) is 21.3. The van der Waals surface area contributed by atoms with Gasteiger partial charge in [0.25, 0.3) is 5.69 Å². The second-order valence-electron chi connectivity index (χ2n) is 6.99. The molecule has 7 heteroatoms. The minimum atomic E-state index is -0.382. The number of ether oxygens (including phenoxy) is 1. The van der Waals surface area contributed by atoms with Crippen molar-refractivity contribution >= 4 is 11.4 Å². The van der Waals surface area contributed by atoms with E-state index >= 15 is 0 Å². The van der Waals surface area contributed by atoms with Crippen LogP contribution in [0, 0.1) is 10.1 Å². The molecule has 2 N–H and O–H groups in total. The van der Waals surface area contributed by atoms with Crippen molar-refractivity contribution in [1.29, 1.82) is 0 Å². The van der Waals surface area contributed by atoms with Crippen molar-refractivity contribution in [3.8, 4) is 11.5 Å². The van der Waals surface area contributed by atoms with Gasteiger partial charge in [-0.2, -0.15) is 0 Å². The molecule has 1 saturated heterocycles. The third-order valence-corrected chi connectivity index (χ3v) is 5.15. The second kappa shape index (κ2) is 8.75. The van der Waals surface area contributed by atoms with E-state index in [-0.39, 0.29) is 16.4 Å². The number of phenols is 1. The molecule has 1 fully saturated rings. The van der Waals surface area contributed by atoms with Crippen molar-refractivity contribution in [2.75, 3.05) is 38.2 Å². The van der Waals surface area contributed by atoms with Crippen LogP contribution in [0.25, 0.3) is 0 Å². The summed E-state index contributed by atoms with van der Waals surface area (Å²) in [6.07, 6.45) is 2.57. The normalized spacial score (nSPS) is 14.7. The van der Waals surface area contributed by atoms with E-state index in [1.54, 1.807) is 31.4 Å². The van der Waals surface area contributed by atoms with E-state index < -0.39 is 0 Å². The number of allylic oxidation sites excluding steroid dienone is 1. The van der Waals surface area contributed by atoms with Gasteiger partial charge in [-0.3, -0.25) is 10.1 Å². The van der Waals surface area contributed by atoms with E-state index in [2.05, 4.69) is 11.5 Å². The third kappa shape index (κ3) is 4.43. The number of benzene rings is 2. The van der Waals surface area contributed by atoms with Gasteiger partial charge in [0, 0.05) is 17.8 Å². The fraction of sp³-hybridized carbons (Fsp3) is 0.333. The Balaban J connectivity index is 1.65. The van der Waals surface area contributed by atoms with E-state index in [0.717, 1.165) is 56.0 Å². The van der Waals surface area contributed by atoms with Crippen LogP contribution >= 0.6 is 0 Å². The predicted octanol–water partition coefficient (Wildman–Crippen LogP) is 1.94. The Morgan fingerprint density at radius 2 is 1.96 bits per heavy atom. The lowest BCUT2D eigenvalue weighted by Gasteiger charge is -2.33. The average Bonchev–Trinajstić information content (AvgIpc) is 2.71. The number of anilines is 1. The van der Waals surface area contributed by atoms with E-state index in [4.69, 9.17) is 4.74 Å². The van der Waals surface area contributed by atoms with Crippen LogP contribution in [-0.2, 0) is 13.0 Å². The maximum Gasteiger partial charge on any atom is 0.269 e. The van der Waals surface area contributed by atoms with Crippen molar-refractivity contribution in [2.24, 2.45) is 0 Å². The highest BCUT2D eigenvalue weighted by molar-refractivity contribution is 5.51. The van der Waals surface area contributed by atoms with Gasteiger partial charge in [-0.05, 0) is 36.2 Å². The molecule has 0 unspecified atom stereocenters. The summed E-state index contributed by atoms with van der Waals surface area (Å²) in [5.74, 6) is 0.707. The number of nitrogens with one attached hydrogen (secondary N) is 1. The summed E-state index contributed by atoms with van der Waals surface area (Å²) in [4.78, 5) is 14.0. The molecule has 0 aromatic heterocycles. The van der Waals surface area contributed by atoms with Gasteiger partial charge in [0.1, 0.15) is 6.54 Å². The minimum Gasteiger partial charge on any atom is -0.504 e. The van der Waals surface area contributed by atoms with Crippen molar-refractivity contribution in [3.63, 3.8) is 0 Å². The number of nitro benzene ring substituents is 1. The number of piperazine rings is 1. The highest BCUT2D eigenvalue weighted by Crippen LogP contribution is 2.31. The zero-order valence-electron chi connectivity index (χ0n) is 16.1. The molecule has 28 heavy (non-hydrogen) atoms. The van der Waals surface area contributed by atoms with Gasteiger partial charge >= 0.3 is 0 Å². The molecular weight excluding hydrogens is 358 g/mol. The molecule has 1 aliphatic rings. The number of methoxy groups -OCH3 is 1. The Morgan fingerprint density at radius 3 is 2.54 bits per heavy atom. The Morgan fingerprint density at radius 1 is 1.29 bits per heavy atom. The zero-order chi connectivity index (χ0) is 20.1. The standard InChI is InChI=1S/C21H25N3O4/c1-3-4-16-13-17(21(25)20(14-16)28-2)15-22-9-11-23(12-10-22)18-5-7-19(8-6-18)24(26)27/h3,5-8,13-14,25H,1,4,9-12,15H2,2H3/p+1. The summed E-state index contributed by atoms with van der Waals surface area (Å²) in [7, 11) is 1.56. The molecule has 1 heterocycles. The van der Waals surface area contributed by atoms with Gasteiger partial charge in [-0.15, -0.1) is 6.58 Å². The van der Waals surface area contributed by atoms with Gasteiger partial charge in [0.15, 0.2) is 11.5 Å². The molecule has 0 spiro atoms. The number of rotatable bonds is 7. The van der Waals surface area contributed by atoms with Crippen LogP contribution in [0.5, 0.6) is 11.5 Å². The van der Waals surface area contributed by atoms with E-state index in [0.29, 0.717) is 5.75 Å². The smallest absolute Gasteiger partial charge is 0.269 e. The van der Waals surface area contributed by atoms with Gasteiger partial charge in [0.2, 0.25) is 0 Å². The summed E-state index contributed by atoms with van der Waals surface area (Å²) >= 11 is 0. The first-order valence-corrected chi connectivity index (χ1v) is 9.34. The molecule has 0 saturated carbocycles. The molecule has 2 aromatic rings. The Bertz CT molecular complexity index is 843. The van der Waals surface area contributed by atoms with Crippen LogP contribution in [-0.4, -0.2) is 43.3 Å². The lowest BCUT2D eigenvalue weighted by atomic mass is 10.0.